The Morgan fingerprint density at radius 2 is 2.05 bits per heavy atom. The van der Waals surface area contributed by atoms with Crippen molar-refractivity contribution < 1.29 is 14.8 Å². The molecule has 1 aromatic carbocycles. The molecule has 0 spiro atoms. The van der Waals surface area contributed by atoms with Crippen LogP contribution in [-0.4, -0.2) is 35.7 Å². The van der Waals surface area contributed by atoms with E-state index in [9.17, 15) is 14.9 Å². The molecule has 21 heavy (non-hydrogen) atoms. The highest BCUT2D eigenvalue weighted by molar-refractivity contribution is 5.90. The molecule has 0 saturated carbocycles. The fraction of sp³-hybridized carbons (Fsp3) is 0. The molecule has 0 aliphatic heterocycles. The van der Waals surface area contributed by atoms with Crippen molar-refractivity contribution in [2.24, 2.45) is 0 Å². The van der Waals surface area contributed by atoms with Crippen LogP contribution < -0.4 is 0 Å². The van der Waals surface area contributed by atoms with Gasteiger partial charge in [-0.2, -0.15) is 5.10 Å². The van der Waals surface area contributed by atoms with Gasteiger partial charge in [0.05, 0.1) is 10.4 Å². The average molecular weight is 285 g/mol. The number of carboxylic acid groups (broad SMARTS) is 1. The molecule has 0 bridgehead atoms. The van der Waals surface area contributed by atoms with Crippen LogP contribution in [0.1, 0.15) is 10.5 Å². The van der Waals surface area contributed by atoms with Gasteiger partial charge in [-0.3, -0.25) is 10.1 Å². The van der Waals surface area contributed by atoms with Gasteiger partial charge in [-0.05, 0) is 12.1 Å². The topological polar surface area (TPSA) is 124 Å². The Balaban J connectivity index is 2.26. The van der Waals surface area contributed by atoms with Crippen molar-refractivity contribution in [1.29, 1.82) is 0 Å². The number of aromatic nitrogens is 4. The summed E-state index contributed by atoms with van der Waals surface area (Å²) in [6.07, 6.45) is 2.31. The third-order valence-electron chi connectivity index (χ3n) is 2.83. The molecule has 1 N–H and O–H groups in total. The predicted octanol–water partition coefficient (Wildman–Crippen LogP) is 1.42. The van der Waals surface area contributed by atoms with Crippen LogP contribution in [-0.2, 0) is 0 Å². The van der Waals surface area contributed by atoms with E-state index in [0.29, 0.717) is 10.9 Å². The maximum atomic E-state index is 11.0. The van der Waals surface area contributed by atoms with Crippen LogP contribution >= 0.6 is 0 Å². The van der Waals surface area contributed by atoms with Crippen molar-refractivity contribution in [3.05, 3.63) is 52.6 Å². The summed E-state index contributed by atoms with van der Waals surface area (Å²) in [4.78, 5) is 29.2. The Bertz CT molecular complexity index is 836. The van der Waals surface area contributed by atoms with E-state index in [1.807, 2.05) is 0 Å². The summed E-state index contributed by atoms with van der Waals surface area (Å²) < 4.78 is 1.08. The maximum absolute atomic E-state index is 11.0. The van der Waals surface area contributed by atoms with Crippen molar-refractivity contribution >= 4 is 22.6 Å². The minimum Gasteiger partial charge on any atom is -0.476 e. The molecule has 0 amide bonds. The summed E-state index contributed by atoms with van der Waals surface area (Å²) in [5, 5.41) is 24.2. The highest BCUT2D eigenvalue weighted by Crippen LogP contribution is 2.22. The van der Waals surface area contributed by atoms with Gasteiger partial charge in [0, 0.05) is 5.39 Å². The second-order valence-electron chi connectivity index (χ2n) is 4.08. The highest BCUT2D eigenvalue weighted by Gasteiger charge is 2.26. The van der Waals surface area contributed by atoms with E-state index in [1.165, 1.54) is 6.33 Å². The first-order valence-electron chi connectivity index (χ1n) is 5.75. The van der Waals surface area contributed by atoms with E-state index in [2.05, 4.69) is 15.1 Å². The quantitative estimate of drug-likeness (QED) is 0.570. The SMILES string of the molecule is O=C(O)c1nn(-c2ncnc3ccccc23)cc1[N+](=O)[O-]. The second kappa shape index (κ2) is 4.63. The van der Waals surface area contributed by atoms with Gasteiger partial charge in [-0.25, -0.2) is 19.4 Å². The molecule has 0 aliphatic rings. The summed E-state index contributed by atoms with van der Waals surface area (Å²) in [7, 11) is 0. The van der Waals surface area contributed by atoms with Crippen LogP contribution in [0.5, 0.6) is 0 Å². The minimum atomic E-state index is -1.47. The zero-order valence-corrected chi connectivity index (χ0v) is 10.4. The van der Waals surface area contributed by atoms with Crippen LogP contribution in [0.3, 0.4) is 0 Å². The van der Waals surface area contributed by atoms with E-state index in [0.717, 1.165) is 10.9 Å². The Hall–Kier alpha value is -3.36. The molecule has 0 radical (unpaired) electrons. The number of fused-ring (bicyclic) bond motifs is 1. The van der Waals surface area contributed by atoms with Crippen LogP contribution in [0.4, 0.5) is 5.69 Å². The number of hydrogen-bond donors (Lipinski definition) is 1. The Labute approximate surface area is 116 Å². The summed E-state index contributed by atoms with van der Waals surface area (Å²) in [6, 6.07) is 7.01. The van der Waals surface area contributed by atoms with Crippen molar-refractivity contribution in [1.82, 2.24) is 19.7 Å². The number of carbonyl (C=O) groups is 1. The third kappa shape index (κ3) is 2.06. The molecule has 0 saturated heterocycles. The first-order chi connectivity index (χ1) is 10.1. The van der Waals surface area contributed by atoms with E-state index >= 15 is 0 Å². The summed E-state index contributed by atoms with van der Waals surface area (Å²) in [5.41, 5.74) is -0.606. The number of benzene rings is 1. The fourth-order valence-corrected chi connectivity index (χ4v) is 1.93. The van der Waals surface area contributed by atoms with Gasteiger partial charge in [0.25, 0.3) is 0 Å². The lowest BCUT2D eigenvalue weighted by molar-refractivity contribution is -0.385. The molecule has 9 nitrogen and oxygen atoms in total. The standard InChI is InChI=1S/C12H7N5O4/c18-12(19)10-9(17(20)21)5-16(15-10)11-7-3-1-2-4-8(7)13-6-14-11/h1-6H,(H,18,19). The molecule has 9 heteroatoms. The van der Waals surface area contributed by atoms with Crippen molar-refractivity contribution in [2.75, 3.05) is 0 Å². The number of nitrogens with zero attached hydrogens (tertiary/aromatic N) is 5. The molecule has 0 unspecified atom stereocenters. The lowest BCUT2D eigenvalue weighted by Gasteiger charge is -2.03. The van der Waals surface area contributed by atoms with Gasteiger partial charge in [-0.15, -0.1) is 0 Å². The first kappa shape index (κ1) is 12.7. The molecule has 104 valence electrons. The lowest BCUT2D eigenvalue weighted by atomic mass is 10.2. The number of nitro groups is 1. The van der Waals surface area contributed by atoms with Crippen LogP contribution in [0, 0.1) is 10.1 Å². The van der Waals surface area contributed by atoms with Crippen LogP contribution in [0.15, 0.2) is 36.8 Å². The number of aromatic carboxylic acids is 1. The number of para-hydroxylation sites is 1. The Morgan fingerprint density at radius 1 is 1.29 bits per heavy atom. The van der Waals surface area contributed by atoms with Gasteiger partial charge < -0.3 is 5.11 Å². The molecule has 0 aliphatic carbocycles. The molecular formula is C12H7N5O4. The smallest absolute Gasteiger partial charge is 0.363 e. The van der Waals surface area contributed by atoms with Crippen molar-refractivity contribution in [3.63, 3.8) is 0 Å². The van der Waals surface area contributed by atoms with Gasteiger partial charge in [0.1, 0.15) is 12.5 Å². The molecular weight excluding hydrogens is 278 g/mol. The van der Waals surface area contributed by atoms with Gasteiger partial charge >= 0.3 is 11.7 Å². The molecule has 2 aromatic heterocycles. The fourth-order valence-electron chi connectivity index (χ4n) is 1.93. The summed E-state index contributed by atoms with van der Waals surface area (Å²) >= 11 is 0. The molecule has 3 rings (SSSR count). The largest absolute Gasteiger partial charge is 0.476 e. The zero-order chi connectivity index (χ0) is 15.0. The van der Waals surface area contributed by atoms with Crippen molar-refractivity contribution in [3.8, 4) is 5.82 Å². The molecule has 2 heterocycles. The zero-order valence-electron chi connectivity index (χ0n) is 10.4. The van der Waals surface area contributed by atoms with Gasteiger partial charge in [-0.1, -0.05) is 12.1 Å². The van der Waals surface area contributed by atoms with E-state index in [-0.39, 0.29) is 5.82 Å². The van der Waals surface area contributed by atoms with Crippen LogP contribution in [0.25, 0.3) is 16.7 Å². The van der Waals surface area contributed by atoms with E-state index in [4.69, 9.17) is 5.11 Å². The maximum Gasteiger partial charge on any atom is 0.363 e. The van der Waals surface area contributed by atoms with Crippen LogP contribution in [0.2, 0.25) is 0 Å². The number of carboxylic acids is 1. The minimum absolute atomic E-state index is 0.274. The summed E-state index contributed by atoms with van der Waals surface area (Å²) in [5.74, 6) is -1.20. The lowest BCUT2D eigenvalue weighted by Crippen LogP contribution is -2.04. The monoisotopic (exact) mass is 285 g/mol. The third-order valence-corrected chi connectivity index (χ3v) is 2.83. The Morgan fingerprint density at radius 3 is 2.71 bits per heavy atom. The first-order valence-corrected chi connectivity index (χ1v) is 5.75. The molecule has 0 atom stereocenters. The van der Waals surface area contributed by atoms with E-state index in [1.54, 1.807) is 24.3 Å². The number of rotatable bonds is 3. The van der Waals surface area contributed by atoms with E-state index < -0.39 is 22.3 Å². The normalized spacial score (nSPS) is 10.7. The highest BCUT2D eigenvalue weighted by atomic mass is 16.6. The molecule has 3 aromatic rings. The number of hydrogen-bond acceptors (Lipinski definition) is 6. The van der Waals surface area contributed by atoms with Gasteiger partial charge in [0.15, 0.2) is 5.82 Å². The second-order valence-corrected chi connectivity index (χ2v) is 4.08. The van der Waals surface area contributed by atoms with Crippen molar-refractivity contribution in [2.45, 2.75) is 0 Å². The molecule has 0 fully saturated rings. The summed E-state index contributed by atoms with van der Waals surface area (Å²) in [6.45, 7) is 0. The average Bonchev–Trinajstić information content (AvgIpc) is 2.92. The van der Waals surface area contributed by atoms with Gasteiger partial charge in [0.2, 0.25) is 5.69 Å². The predicted molar refractivity (Wildman–Crippen MR) is 70.3 cm³/mol. The Kier molecular flexibility index (Phi) is 2.79.